The third-order valence-corrected chi connectivity index (χ3v) is 4.54. The van der Waals surface area contributed by atoms with Crippen LogP contribution in [-0.2, 0) is 18.8 Å². The molecule has 122 valence electrons. The Hall–Kier alpha value is -1.78. The van der Waals surface area contributed by atoms with E-state index in [4.69, 9.17) is 5.11 Å². The van der Waals surface area contributed by atoms with Gasteiger partial charge < -0.3 is 10.4 Å². The molecule has 0 saturated heterocycles. The highest BCUT2D eigenvalue weighted by atomic mass is 32.2. The third-order valence-electron chi connectivity index (χ3n) is 3.59. The van der Waals surface area contributed by atoms with Gasteiger partial charge in [0.25, 0.3) is 5.91 Å². The van der Waals surface area contributed by atoms with Crippen LogP contribution in [0.4, 0.5) is 0 Å². The minimum absolute atomic E-state index is 0.0355. The lowest BCUT2D eigenvalue weighted by atomic mass is 10.1. The highest BCUT2D eigenvalue weighted by Gasteiger charge is 2.05. The lowest BCUT2D eigenvalue weighted by molar-refractivity contribution is 0.0954. The standard InChI is InChI=1S/C19H23NO2S/c1-2-23-14-17-7-9-18(10-8-17)19(22)20-12-11-15-3-5-16(13-21)6-4-15/h3-10,21H,2,11-14H2,1H3,(H,20,22). The van der Waals surface area contributed by atoms with Crippen LogP contribution in [0, 0.1) is 0 Å². The third kappa shape index (κ3) is 5.73. The lowest BCUT2D eigenvalue weighted by Gasteiger charge is -2.07. The van der Waals surface area contributed by atoms with Gasteiger partial charge in [-0.2, -0.15) is 11.8 Å². The maximum atomic E-state index is 12.1. The largest absolute Gasteiger partial charge is 0.392 e. The first-order valence-electron chi connectivity index (χ1n) is 7.86. The maximum Gasteiger partial charge on any atom is 0.251 e. The summed E-state index contributed by atoms with van der Waals surface area (Å²) in [5.74, 6) is 2.05. The molecule has 2 rings (SSSR count). The van der Waals surface area contributed by atoms with Crippen LogP contribution in [0.5, 0.6) is 0 Å². The van der Waals surface area contributed by atoms with E-state index >= 15 is 0 Å². The summed E-state index contributed by atoms with van der Waals surface area (Å²) in [6, 6.07) is 15.6. The zero-order valence-corrected chi connectivity index (χ0v) is 14.2. The molecule has 0 radical (unpaired) electrons. The van der Waals surface area contributed by atoms with Crippen LogP contribution in [0.3, 0.4) is 0 Å². The first kappa shape index (κ1) is 17.6. The minimum atomic E-state index is -0.0355. The van der Waals surface area contributed by atoms with Gasteiger partial charge in [0.15, 0.2) is 0 Å². The summed E-state index contributed by atoms with van der Waals surface area (Å²) in [5, 5.41) is 12.0. The number of nitrogens with one attached hydrogen (secondary N) is 1. The summed E-state index contributed by atoms with van der Waals surface area (Å²) in [6.45, 7) is 2.80. The van der Waals surface area contributed by atoms with E-state index in [9.17, 15) is 4.79 Å². The van der Waals surface area contributed by atoms with Gasteiger partial charge in [-0.3, -0.25) is 4.79 Å². The van der Waals surface area contributed by atoms with Crippen molar-refractivity contribution in [3.63, 3.8) is 0 Å². The zero-order chi connectivity index (χ0) is 16.5. The summed E-state index contributed by atoms with van der Waals surface area (Å²) in [4.78, 5) is 12.1. The molecule has 0 aliphatic rings. The average Bonchev–Trinajstić information content (AvgIpc) is 2.61. The summed E-state index contributed by atoms with van der Waals surface area (Å²) in [5.41, 5.74) is 4.00. The van der Waals surface area contributed by atoms with Gasteiger partial charge in [0.2, 0.25) is 0 Å². The number of benzene rings is 2. The summed E-state index contributed by atoms with van der Waals surface area (Å²) >= 11 is 1.87. The van der Waals surface area contributed by atoms with Crippen molar-refractivity contribution in [2.24, 2.45) is 0 Å². The second-order valence-electron chi connectivity index (χ2n) is 5.31. The Morgan fingerprint density at radius 3 is 2.22 bits per heavy atom. The van der Waals surface area contributed by atoms with E-state index in [0.717, 1.165) is 29.1 Å². The fourth-order valence-corrected chi connectivity index (χ4v) is 2.84. The molecule has 0 fully saturated rings. The number of hydrogen-bond acceptors (Lipinski definition) is 3. The van der Waals surface area contributed by atoms with Crippen LogP contribution < -0.4 is 5.32 Å². The van der Waals surface area contributed by atoms with Gasteiger partial charge in [-0.25, -0.2) is 0 Å². The molecule has 2 N–H and O–H groups in total. The zero-order valence-electron chi connectivity index (χ0n) is 13.4. The molecule has 4 heteroatoms. The van der Waals surface area contributed by atoms with E-state index in [-0.39, 0.29) is 12.5 Å². The first-order chi connectivity index (χ1) is 11.2. The van der Waals surface area contributed by atoms with E-state index in [1.54, 1.807) is 0 Å². The van der Waals surface area contributed by atoms with E-state index in [1.165, 1.54) is 5.56 Å². The van der Waals surface area contributed by atoms with Crippen molar-refractivity contribution < 1.29 is 9.90 Å². The number of carbonyl (C=O) groups is 1. The lowest BCUT2D eigenvalue weighted by Crippen LogP contribution is -2.25. The van der Waals surface area contributed by atoms with Gasteiger partial charge >= 0.3 is 0 Å². The first-order valence-corrected chi connectivity index (χ1v) is 9.02. The van der Waals surface area contributed by atoms with Crippen molar-refractivity contribution in [3.05, 3.63) is 70.8 Å². The van der Waals surface area contributed by atoms with Gasteiger partial charge in [-0.1, -0.05) is 43.3 Å². The summed E-state index contributed by atoms with van der Waals surface area (Å²) in [7, 11) is 0. The molecular formula is C19H23NO2S. The molecule has 0 aliphatic heterocycles. The second kappa shape index (κ2) is 9.38. The van der Waals surface area contributed by atoms with Crippen LogP contribution in [0.25, 0.3) is 0 Å². The fourth-order valence-electron chi connectivity index (χ4n) is 2.21. The molecule has 2 aromatic rings. The topological polar surface area (TPSA) is 49.3 Å². The van der Waals surface area contributed by atoms with Crippen molar-refractivity contribution >= 4 is 17.7 Å². The smallest absolute Gasteiger partial charge is 0.251 e. The SMILES string of the molecule is CCSCc1ccc(C(=O)NCCc2ccc(CO)cc2)cc1. The van der Waals surface area contributed by atoms with Crippen molar-refractivity contribution in [3.8, 4) is 0 Å². The van der Waals surface area contributed by atoms with Gasteiger partial charge in [0.05, 0.1) is 6.61 Å². The Balaban J connectivity index is 1.79. The highest BCUT2D eigenvalue weighted by molar-refractivity contribution is 7.98. The van der Waals surface area contributed by atoms with Crippen molar-refractivity contribution in [1.29, 1.82) is 0 Å². The van der Waals surface area contributed by atoms with Gasteiger partial charge in [0.1, 0.15) is 0 Å². The van der Waals surface area contributed by atoms with Crippen LogP contribution in [0.1, 0.15) is 34.0 Å². The quantitative estimate of drug-likeness (QED) is 0.780. The Morgan fingerprint density at radius 2 is 1.61 bits per heavy atom. The predicted octanol–water partition coefficient (Wildman–Crippen LogP) is 3.40. The normalized spacial score (nSPS) is 10.5. The molecular weight excluding hydrogens is 306 g/mol. The van der Waals surface area contributed by atoms with E-state index < -0.39 is 0 Å². The van der Waals surface area contributed by atoms with Crippen molar-refractivity contribution in [2.45, 2.75) is 25.7 Å². The number of aliphatic hydroxyl groups is 1. The number of carbonyl (C=O) groups excluding carboxylic acids is 1. The Morgan fingerprint density at radius 1 is 1.00 bits per heavy atom. The molecule has 0 saturated carbocycles. The van der Waals surface area contributed by atoms with Crippen molar-refractivity contribution in [2.75, 3.05) is 12.3 Å². The van der Waals surface area contributed by atoms with Crippen molar-refractivity contribution in [1.82, 2.24) is 5.32 Å². The molecule has 0 unspecified atom stereocenters. The molecule has 23 heavy (non-hydrogen) atoms. The number of rotatable bonds is 8. The van der Waals surface area contributed by atoms with E-state index in [1.807, 2.05) is 60.3 Å². The van der Waals surface area contributed by atoms with Gasteiger partial charge in [-0.15, -0.1) is 0 Å². The molecule has 1 amide bonds. The molecule has 0 heterocycles. The van der Waals surface area contributed by atoms with Gasteiger partial charge in [-0.05, 0) is 41.0 Å². The number of thioether (sulfide) groups is 1. The second-order valence-corrected chi connectivity index (χ2v) is 6.59. The molecule has 0 aromatic heterocycles. The van der Waals surface area contributed by atoms with Gasteiger partial charge in [0, 0.05) is 17.9 Å². The molecule has 2 aromatic carbocycles. The molecule has 3 nitrogen and oxygen atoms in total. The molecule has 0 aliphatic carbocycles. The molecule has 0 spiro atoms. The summed E-state index contributed by atoms with van der Waals surface area (Å²) < 4.78 is 0. The molecule has 0 atom stereocenters. The summed E-state index contributed by atoms with van der Waals surface area (Å²) in [6.07, 6.45) is 0.780. The average molecular weight is 329 g/mol. The Bertz CT molecular complexity index is 608. The Kier molecular flexibility index (Phi) is 7.17. The maximum absolute atomic E-state index is 12.1. The Labute approximate surface area is 142 Å². The fraction of sp³-hybridized carbons (Fsp3) is 0.316. The van der Waals surface area contributed by atoms with Crippen LogP contribution in [0.15, 0.2) is 48.5 Å². The molecule has 0 bridgehead atoms. The minimum Gasteiger partial charge on any atom is -0.392 e. The number of amides is 1. The predicted molar refractivity (Wildman–Crippen MR) is 96.7 cm³/mol. The monoisotopic (exact) mass is 329 g/mol. The van der Waals surface area contributed by atoms with Crippen LogP contribution >= 0.6 is 11.8 Å². The van der Waals surface area contributed by atoms with E-state index in [0.29, 0.717) is 12.1 Å². The number of hydrogen-bond donors (Lipinski definition) is 2. The van der Waals surface area contributed by atoms with Crippen LogP contribution in [-0.4, -0.2) is 23.3 Å². The van der Waals surface area contributed by atoms with E-state index in [2.05, 4.69) is 12.2 Å². The highest BCUT2D eigenvalue weighted by Crippen LogP contribution is 2.12. The van der Waals surface area contributed by atoms with Crippen LogP contribution in [0.2, 0.25) is 0 Å². The number of aliphatic hydroxyl groups excluding tert-OH is 1.